The molecule has 6 nitrogen and oxygen atoms in total. The predicted molar refractivity (Wildman–Crippen MR) is 89.1 cm³/mol. The van der Waals surface area contributed by atoms with Crippen LogP contribution in [0.2, 0.25) is 0 Å². The fourth-order valence-corrected chi connectivity index (χ4v) is 3.36. The maximum Gasteiger partial charge on any atom is 0.344 e. The molecule has 2 aromatic rings. The summed E-state index contributed by atoms with van der Waals surface area (Å²) in [5.41, 5.74) is -0.163. The number of H-pyrrole nitrogens is 1. The van der Waals surface area contributed by atoms with Crippen molar-refractivity contribution in [3.8, 4) is 5.75 Å². The number of nitrogens with one attached hydrogen (secondary N) is 1. The molecule has 1 atom stereocenters. The van der Waals surface area contributed by atoms with Gasteiger partial charge in [0.2, 0.25) is 0 Å². The molecule has 1 aromatic carbocycles. The Morgan fingerprint density at radius 3 is 3.04 bits per heavy atom. The molecular formula is C16H21N3O3S. The SMILES string of the molecule is O=c1[nH]nc(SCCCOc2ccccc2)n1CC1CCCO1. The number of nitrogens with zero attached hydrogens (tertiary/aromatic N) is 2. The lowest BCUT2D eigenvalue weighted by Crippen LogP contribution is -2.25. The third-order valence-electron chi connectivity index (χ3n) is 3.67. The van der Waals surface area contributed by atoms with Gasteiger partial charge in [-0.05, 0) is 31.4 Å². The molecule has 1 aliphatic heterocycles. The number of aromatic amines is 1. The maximum atomic E-state index is 11.9. The quantitative estimate of drug-likeness (QED) is 0.592. The lowest BCUT2D eigenvalue weighted by Gasteiger charge is -2.11. The molecule has 0 bridgehead atoms. The van der Waals surface area contributed by atoms with Crippen LogP contribution >= 0.6 is 11.8 Å². The normalized spacial score (nSPS) is 17.5. The van der Waals surface area contributed by atoms with Gasteiger partial charge in [0.15, 0.2) is 5.16 Å². The van der Waals surface area contributed by atoms with Crippen LogP contribution in [-0.4, -0.2) is 39.8 Å². The first-order valence-corrected chi connectivity index (χ1v) is 8.89. The summed E-state index contributed by atoms with van der Waals surface area (Å²) in [4.78, 5) is 11.9. The standard InChI is InChI=1S/C16H21N3O3S/c20-15-17-18-16(19(15)12-14-8-4-9-22-14)23-11-5-10-21-13-6-2-1-3-7-13/h1-3,6-7,14H,4-5,8-12H2,(H,17,20). The van der Waals surface area contributed by atoms with E-state index in [0.29, 0.717) is 13.2 Å². The average molecular weight is 335 g/mol. The summed E-state index contributed by atoms with van der Waals surface area (Å²) in [6, 6.07) is 9.77. The summed E-state index contributed by atoms with van der Waals surface area (Å²) < 4.78 is 12.9. The first kappa shape index (κ1) is 16.1. The molecule has 1 unspecified atom stereocenters. The number of rotatable bonds is 8. The van der Waals surface area contributed by atoms with Gasteiger partial charge >= 0.3 is 5.69 Å². The molecule has 1 aliphatic rings. The number of thioether (sulfide) groups is 1. The molecule has 7 heteroatoms. The molecule has 1 saturated heterocycles. The number of aromatic nitrogens is 3. The Hall–Kier alpha value is -1.73. The van der Waals surface area contributed by atoms with Gasteiger partial charge in [-0.2, -0.15) is 0 Å². The zero-order valence-corrected chi connectivity index (χ0v) is 13.8. The van der Waals surface area contributed by atoms with Gasteiger partial charge in [-0.25, -0.2) is 9.89 Å². The van der Waals surface area contributed by atoms with E-state index < -0.39 is 0 Å². The number of hydrogen-bond donors (Lipinski definition) is 1. The topological polar surface area (TPSA) is 69.1 Å². The first-order chi connectivity index (χ1) is 11.3. The number of para-hydroxylation sites is 1. The summed E-state index contributed by atoms with van der Waals surface area (Å²) in [6.45, 7) is 2.02. The van der Waals surface area contributed by atoms with Crippen molar-refractivity contribution in [2.24, 2.45) is 0 Å². The van der Waals surface area contributed by atoms with Gasteiger partial charge < -0.3 is 9.47 Å². The largest absolute Gasteiger partial charge is 0.494 e. The van der Waals surface area contributed by atoms with Crippen molar-refractivity contribution in [3.05, 3.63) is 40.8 Å². The van der Waals surface area contributed by atoms with E-state index in [1.807, 2.05) is 30.3 Å². The molecule has 23 heavy (non-hydrogen) atoms. The van der Waals surface area contributed by atoms with Crippen molar-refractivity contribution < 1.29 is 9.47 Å². The third kappa shape index (κ3) is 4.62. The molecule has 3 rings (SSSR count). The van der Waals surface area contributed by atoms with Crippen LogP contribution in [0.15, 0.2) is 40.3 Å². The van der Waals surface area contributed by atoms with Crippen LogP contribution in [-0.2, 0) is 11.3 Å². The zero-order valence-electron chi connectivity index (χ0n) is 12.9. The van der Waals surface area contributed by atoms with Crippen LogP contribution in [0.25, 0.3) is 0 Å². The minimum Gasteiger partial charge on any atom is -0.494 e. The smallest absolute Gasteiger partial charge is 0.344 e. The molecule has 0 radical (unpaired) electrons. The maximum absolute atomic E-state index is 11.9. The van der Waals surface area contributed by atoms with Crippen molar-refractivity contribution in [3.63, 3.8) is 0 Å². The molecule has 1 aromatic heterocycles. The van der Waals surface area contributed by atoms with Crippen LogP contribution in [0.3, 0.4) is 0 Å². The van der Waals surface area contributed by atoms with Gasteiger partial charge in [-0.1, -0.05) is 30.0 Å². The fraction of sp³-hybridized carbons (Fsp3) is 0.500. The first-order valence-electron chi connectivity index (χ1n) is 7.90. The molecule has 0 saturated carbocycles. The zero-order chi connectivity index (χ0) is 15.9. The molecule has 0 amide bonds. The highest BCUT2D eigenvalue weighted by Gasteiger charge is 2.19. The van der Waals surface area contributed by atoms with Crippen LogP contribution in [0.4, 0.5) is 0 Å². The van der Waals surface area contributed by atoms with Crippen molar-refractivity contribution in [2.75, 3.05) is 19.0 Å². The van der Waals surface area contributed by atoms with E-state index in [1.165, 1.54) is 0 Å². The molecule has 0 spiro atoms. The highest BCUT2D eigenvalue weighted by atomic mass is 32.2. The summed E-state index contributed by atoms with van der Waals surface area (Å²) in [5, 5.41) is 7.36. The summed E-state index contributed by atoms with van der Waals surface area (Å²) in [6.07, 6.45) is 3.09. The lowest BCUT2D eigenvalue weighted by molar-refractivity contribution is 0.0941. The van der Waals surface area contributed by atoms with Gasteiger partial charge in [-0.3, -0.25) is 4.57 Å². The van der Waals surface area contributed by atoms with Gasteiger partial charge in [0.1, 0.15) is 5.75 Å². The highest BCUT2D eigenvalue weighted by molar-refractivity contribution is 7.99. The van der Waals surface area contributed by atoms with E-state index in [2.05, 4.69) is 10.2 Å². The Labute approximate surface area is 139 Å². The van der Waals surface area contributed by atoms with Gasteiger partial charge in [-0.15, -0.1) is 5.10 Å². The molecule has 2 heterocycles. The van der Waals surface area contributed by atoms with Gasteiger partial charge in [0.05, 0.1) is 19.3 Å². The molecular weight excluding hydrogens is 314 g/mol. The lowest BCUT2D eigenvalue weighted by atomic mass is 10.2. The van der Waals surface area contributed by atoms with Crippen LogP contribution in [0, 0.1) is 0 Å². The van der Waals surface area contributed by atoms with E-state index in [4.69, 9.17) is 9.47 Å². The van der Waals surface area contributed by atoms with Gasteiger partial charge in [0, 0.05) is 12.4 Å². The second-order valence-corrected chi connectivity index (χ2v) is 6.48. The minimum atomic E-state index is -0.163. The monoisotopic (exact) mass is 335 g/mol. The van der Waals surface area contributed by atoms with Crippen molar-refractivity contribution in [1.29, 1.82) is 0 Å². The molecule has 1 fully saturated rings. The molecule has 1 N–H and O–H groups in total. The Balaban J connectivity index is 1.44. The van der Waals surface area contributed by atoms with Crippen molar-refractivity contribution in [2.45, 2.75) is 37.1 Å². The number of benzene rings is 1. The number of hydrogen-bond acceptors (Lipinski definition) is 5. The Morgan fingerprint density at radius 2 is 2.26 bits per heavy atom. The van der Waals surface area contributed by atoms with E-state index >= 15 is 0 Å². The minimum absolute atomic E-state index is 0.131. The van der Waals surface area contributed by atoms with Gasteiger partial charge in [0.25, 0.3) is 0 Å². The van der Waals surface area contributed by atoms with Crippen molar-refractivity contribution >= 4 is 11.8 Å². The number of ether oxygens (including phenoxy) is 2. The summed E-state index contributed by atoms with van der Waals surface area (Å²) in [5.74, 6) is 1.73. The Morgan fingerprint density at radius 1 is 1.39 bits per heavy atom. The highest BCUT2D eigenvalue weighted by Crippen LogP contribution is 2.18. The molecule has 124 valence electrons. The Kier molecular flexibility index (Phi) is 5.76. The van der Waals surface area contributed by atoms with Crippen LogP contribution in [0.1, 0.15) is 19.3 Å². The predicted octanol–water partition coefficient (Wildman–Crippen LogP) is 2.31. The Bertz CT molecular complexity index is 650. The average Bonchev–Trinajstić information content (AvgIpc) is 3.20. The van der Waals surface area contributed by atoms with E-state index in [-0.39, 0.29) is 11.8 Å². The van der Waals surface area contributed by atoms with Crippen LogP contribution in [0.5, 0.6) is 5.75 Å². The third-order valence-corrected chi connectivity index (χ3v) is 4.73. The van der Waals surface area contributed by atoms with E-state index in [9.17, 15) is 4.79 Å². The van der Waals surface area contributed by atoms with Crippen molar-refractivity contribution in [1.82, 2.24) is 14.8 Å². The summed E-state index contributed by atoms with van der Waals surface area (Å²) in [7, 11) is 0. The summed E-state index contributed by atoms with van der Waals surface area (Å²) >= 11 is 1.57. The van der Waals surface area contributed by atoms with E-state index in [0.717, 1.165) is 42.5 Å². The molecule has 0 aliphatic carbocycles. The van der Waals surface area contributed by atoms with Crippen LogP contribution < -0.4 is 10.4 Å². The second kappa shape index (κ2) is 8.21. The second-order valence-electron chi connectivity index (χ2n) is 5.42. The van der Waals surface area contributed by atoms with E-state index in [1.54, 1.807) is 16.3 Å². The fourth-order valence-electron chi connectivity index (χ4n) is 2.50.